The molecule has 0 aliphatic carbocycles. The average molecular weight is 312 g/mol. The lowest BCUT2D eigenvalue weighted by Crippen LogP contribution is -2.41. The van der Waals surface area contributed by atoms with E-state index >= 15 is 0 Å². The van der Waals surface area contributed by atoms with Crippen LogP contribution in [0.4, 0.5) is 5.69 Å². The van der Waals surface area contributed by atoms with E-state index in [4.69, 9.17) is 10.5 Å². The zero-order valence-corrected chi connectivity index (χ0v) is 14.0. The number of ether oxygens (including phenoxy) is 1. The maximum atomic E-state index is 13.0. The van der Waals surface area contributed by atoms with Gasteiger partial charge in [0.1, 0.15) is 0 Å². The van der Waals surface area contributed by atoms with Crippen molar-refractivity contribution in [1.29, 1.82) is 0 Å². The Labute approximate surface area is 127 Å². The molecule has 0 spiro atoms. The van der Waals surface area contributed by atoms with Crippen molar-refractivity contribution >= 4 is 15.7 Å². The van der Waals surface area contributed by atoms with Crippen LogP contribution in [0.1, 0.15) is 29.5 Å². The highest BCUT2D eigenvalue weighted by Crippen LogP contribution is 2.31. The first-order chi connectivity index (χ1) is 9.78. The van der Waals surface area contributed by atoms with Crippen LogP contribution in [0.25, 0.3) is 0 Å². The van der Waals surface area contributed by atoms with Crippen molar-refractivity contribution in [3.8, 4) is 0 Å². The van der Waals surface area contributed by atoms with E-state index < -0.39 is 10.0 Å². The molecule has 6 heteroatoms. The first-order valence-electron chi connectivity index (χ1n) is 7.18. The maximum Gasteiger partial charge on any atom is 0.243 e. The maximum absolute atomic E-state index is 13.0. The molecule has 0 amide bonds. The van der Waals surface area contributed by atoms with Crippen molar-refractivity contribution in [1.82, 2.24) is 4.31 Å². The first-order valence-corrected chi connectivity index (χ1v) is 8.62. The number of nitrogen functional groups attached to an aromatic ring is 1. The average Bonchev–Trinajstić information content (AvgIpc) is 2.45. The number of anilines is 1. The largest absolute Gasteiger partial charge is 0.398 e. The summed E-state index contributed by atoms with van der Waals surface area (Å²) >= 11 is 0. The van der Waals surface area contributed by atoms with Crippen LogP contribution in [0.15, 0.2) is 11.0 Å². The minimum Gasteiger partial charge on any atom is -0.398 e. The summed E-state index contributed by atoms with van der Waals surface area (Å²) in [6.07, 6.45) is 1.62. The summed E-state index contributed by atoms with van der Waals surface area (Å²) < 4.78 is 32.8. The number of hydrogen-bond acceptors (Lipinski definition) is 4. The number of nitrogens with zero attached hydrogens (tertiary/aromatic N) is 1. The van der Waals surface area contributed by atoms with Gasteiger partial charge in [-0.2, -0.15) is 4.31 Å². The fraction of sp³-hybridized carbons (Fsp3) is 0.600. The van der Waals surface area contributed by atoms with E-state index in [0.717, 1.165) is 24.0 Å². The standard InChI is InChI=1S/C15H24N2O3S/c1-10-9-14(16)12(3)15(11(10)2)21(18,19)17-7-5-13(20-4)6-8-17/h9,13H,5-8,16H2,1-4H3. The Hall–Kier alpha value is -1.11. The number of benzene rings is 1. The van der Waals surface area contributed by atoms with Crippen LogP contribution in [-0.4, -0.2) is 39.0 Å². The molecule has 1 fully saturated rings. The molecule has 2 N–H and O–H groups in total. The smallest absolute Gasteiger partial charge is 0.243 e. The van der Waals surface area contributed by atoms with E-state index in [-0.39, 0.29) is 6.10 Å². The molecule has 1 aliphatic rings. The highest BCUT2D eigenvalue weighted by Gasteiger charge is 2.32. The Morgan fingerprint density at radius 2 is 1.76 bits per heavy atom. The molecule has 1 aromatic carbocycles. The Kier molecular flexibility index (Phi) is 4.60. The van der Waals surface area contributed by atoms with E-state index in [9.17, 15) is 8.42 Å². The molecular weight excluding hydrogens is 288 g/mol. The van der Waals surface area contributed by atoms with Crippen LogP contribution in [0, 0.1) is 20.8 Å². The number of sulfonamides is 1. The quantitative estimate of drug-likeness (QED) is 0.866. The van der Waals surface area contributed by atoms with Gasteiger partial charge >= 0.3 is 0 Å². The predicted molar refractivity (Wildman–Crippen MR) is 83.9 cm³/mol. The lowest BCUT2D eigenvalue weighted by molar-refractivity contribution is 0.0604. The van der Waals surface area contributed by atoms with Gasteiger partial charge in [0.2, 0.25) is 10.0 Å². The lowest BCUT2D eigenvalue weighted by atomic mass is 10.1. The fourth-order valence-electron chi connectivity index (χ4n) is 2.87. The van der Waals surface area contributed by atoms with Gasteiger partial charge in [-0.3, -0.25) is 0 Å². The molecule has 21 heavy (non-hydrogen) atoms. The Morgan fingerprint density at radius 3 is 2.29 bits per heavy atom. The molecule has 5 nitrogen and oxygen atoms in total. The molecule has 118 valence electrons. The van der Waals surface area contributed by atoms with Crippen molar-refractivity contribution in [3.05, 3.63) is 22.8 Å². The van der Waals surface area contributed by atoms with Gasteiger partial charge in [-0.05, 0) is 56.4 Å². The molecule has 1 heterocycles. The monoisotopic (exact) mass is 312 g/mol. The third-order valence-corrected chi connectivity index (χ3v) is 6.58. The number of methoxy groups -OCH3 is 1. The summed E-state index contributed by atoms with van der Waals surface area (Å²) in [5.41, 5.74) is 8.83. The molecule has 0 bridgehead atoms. The molecule has 0 saturated carbocycles. The van der Waals surface area contributed by atoms with Crippen molar-refractivity contribution in [2.45, 2.75) is 44.6 Å². The van der Waals surface area contributed by atoms with Gasteiger partial charge in [-0.25, -0.2) is 8.42 Å². The Bertz CT molecular complexity index is 607. The molecule has 1 aromatic rings. The normalized spacial score (nSPS) is 18.1. The van der Waals surface area contributed by atoms with Crippen molar-refractivity contribution < 1.29 is 13.2 Å². The molecule has 0 atom stereocenters. The minimum atomic E-state index is -3.50. The van der Waals surface area contributed by atoms with Crippen LogP contribution in [0.3, 0.4) is 0 Å². The second-order valence-corrected chi connectivity index (χ2v) is 7.58. The number of piperidine rings is 1. The molecule has 2 rings (SSSR count). The minimum absolute atomic E-state index is 0.154. The molecule has 0 aromatic heterocycles. The van der Waals surface area contributed by atoms with Crippen LogP contribution in [0.2, 0.25) is 0 Å². The molecule has 0 unspecified atom stereocenters. The third kappa shape index (κ3) is 2.93. The first kappa shape index (κ1) is 16.3. The second kappa shape index (κ2) is 5.94. The van der Waals surface area contributed by atoms with Crippen molar-refractivity contribution in [3.63, 3.8) is 0 Å². The fourth-order valence-corrected chi connectivity index (χ4v) is 4.87. The highest BCUT2D eigenvalue weighted by molar-refractivity contribution is 7.89. The zero-order chi connectivity index (χ0) is 15.8. The van der Waals surface area contributed by atoms with Gasteiger partial charge in [0, 0.05) is 25.9 Å². The molecule has 0 radical (unpaired) electrons. The van der Waals surface area contributed by atoms with E-state index in [0.29, 0.717) is 29.2 Å². The summed E-state index contributed by atoms with van der Waals surface area (Å²) in [5, 5.41) is 0. The number of hydrogen-bond donors (Lipinski definition) is 1. The summed E-state index contributed by atoms with van der Waals surface area (Å²) in [5.74, 6) is 0. The van der Waals surface area contributed by atoms with Gasteiger partial charge in [0.25, 0.3) is 0 Å². The van der Waals surface area contributed by atoms with Crippen molar-refractivity contribution in [2.24, 2.45) is 0 Å². The van der Waals surface area contributed by atoms with Gasteiger partial charge in [0.15, 0.2) is 0 Å². The van der Waals surface area contributed by atoms with Crippen LogP contribution >= 0.6 is 0 Å². The van der Waals surface area contributed by atoms with E-state index in [1.807, 2.05) is 19.9 Å². The van der Waals surface area contributed by atoms with Gasteiger partial charge < -0.3 is 10.5 Å². The number of rotatable bonds is 3. The van der Waals surface area contributed by atoms with Gasteiger partial charge in [-0.1, -0.05) is 0 Å². The van der Waals surface area contributed by atoms with Gasteiger partial charge in [-0.15, -0.1) is 0 Å². The lowest BCUT2D eigenvalue weighted by Gasteiger charge is -2.31. The zero-order valence-electron chi connectivity index (χ0n) is 13.1. The second-order valence-electron chi connectivity index (χ2n) is 5.70. The Morgan fingerprint density at radius 1 is 1.19 bits per heavy atom. The molecular formula is C15H24N2O3S. The SMILES string of the molecule is COC1CCN(S(=O)(=O)c2c(C)c(C)cc(N)c2C)CC1. The summed E-state index contributed by atoms with van der Waals surface area (Å²) in [6.45, 7) is 6.50. The van der Waals surface area contributed by atoms with Crippen LogP contribution < -0.4 is 5.73 Å². The van der Waals surface area contributed by atoms with E-state index in [1.54, 1.807) is 18.3 Å². The van der Waals surface area contributed by atoms with Gasteiger partial charge in [0.05, 0.1) is 11.0 Å². The summed E-state index contributed by atoms with van der Waals surface area (Å²) in [4.78, 5) is 0.371. The summed E-state index contributed by atoms with van der Waals surface area (Å²) in [6, 6.07) is 1.83. The van der Waals surface area contributed by atoms with E-state index in [2.05, 4.69) is 0 Å². The van der Waals surface area contributed by atoms with E-state index in [1.165, 1.54) is 0 Å². The van der Waals surface area contributed by atoms with Crippen LogP contribution in [-0.2, 0) is 14.8 Å². The highest BCUT2D eigenvalue weighted by atomic mass is 32.2. The molecule has 1 saturated heterocycles. The third-order valence-electron chi connectivity index (χ3n) is 4.41. The Balaban J connectivity index is 2.42. The number of aryl methyl sites for hydroxylation is 1. The number of nitrogens with two attached hydrogens (primary N) is 1. The molecule has 1 aliphatic heterocycles. The van der Waals surface area contributed by atoms with Crippen molar-refractivity contribution in [2.75, 3.05) is 25.9 Å². The predicted octanol–water partition coefficient (Wildman–Crippen LogP) is 1.99. The van der Waals surface area contributed by atoms with Crippen LogP contribution in [0.5, 0.6) is 0 Å². The summed E-state index contributed by atoms with van der Waals surface area (Å²) in [7, 11) is -1.83. The topological polar surface area (TPSA) is 72.6 Å².